The normalized spacial score (nSPS) is 10.5. The zero-order chi connectivity index (χ0) is 12.3. The van der Waals surface area contributed by atoms with Crippen LogP contribution >= 0.6 is 0 Å². The summed E-state index contributed by atoms with van der Waals surface area (Å²) < 4.78 is 1.71. The van der Waals surface area contributed by atoms with Crippen molar-refractivity contribution in [1.82, 2.24) is 25.0 Å². The molecule has 2 rings (SSSR count). The number of aryl methyl sites for hydroxylation is 2. The van der Waals surface area contributed by atoms with Gasteiger partial charge in [-0.15, -0.1) is 5.10 Å². The van der Waals surface area contributed by atoms with Crippen molar-refractivity contribution in [2.45, 2.75) is 20.3 Å². The molecule has 0 aliphatic heterocycles. The van der Waals surface area contributed by atoms with E-state index in [0.717, 1.165) is 36.0 Å². The number of rotatable bonds is 4. The molecular formula is C11H16N6. The van der Waals surface area contributed by atoms with Gasteiger partial charge in [-0.1, -0.05) is 12.1 Å². The summed E-state index contributed by atoms with van der Waals surface area (Å²) in [6.07, 6.45) is 2.51. The minimum absolute atomic E-state index is 0.803. The summed E-state index contributed by atoms with van der Waals surface area (Å²) >= 11 is 0. The molecule has 0 amide bonds. The van der Waals surface area contributed by atoms with Crippen LogP contribution in [0.3, 0.4) is 0 Å². The number of hydrogen-bond donors (Lipinski definition) is 1. The Bertz CT molecular complexity index is 504. The van der Waals surface area contributed by atoms with Crippen molar-refractivity contribution >= 4 is 5.82 Å². The van der Waals surface area contributed by atoms with E-state index in [0.29, 0.717) is 0 Å². The molecule has 0 unspecified atom stereocenters. The minimum atomic E-state index is 0.803. The monoisotopic (exact) mass is 232 g/mol. The highest BCUT2D eigenvalue weighted by Gasteiger charge is 2.09. The van der Waals surface area contributed by atoms with Gasteiger partial charge in [0.05, 0.1) is 11.9 Å². The van der Waals surface area contributed by atoms with Gasteiger partial charge in [0.25, 0.3) is 0 Å². The molecule has 0 aromatic carbocycles. The fraction of sp³-hybridized carbons (Fsp3) is 0.455. The average Bonchev–Trinajstić information content (AvgIpc) is 2.75. The molecule has 17 heavy (non-hydrogen) atoms. The third kappa shape index (κ3) is 2.41. The van der Waals surface area contributed by atoms with Crippen molar-refractivity contribution in [2.24, 2.45) is 7.05 Å². The fourth-order valence-electron chi connectivity index (χ4n) is 1.58. The summed E-state index contributed by atoms with van der Waals surface area (Å²) in [6, 6.07) is 1.92. The van der Waals surface area contributed by atoms with Crippen LogP contribution < -0.4 is 5.32 Å². The predicted molar refractivity (Wildman–Crippen MR) is 65.6 cm³/mol. The van der Waals surface area contributed by atoms with Gasteiger partial charge in [0.1, 0.15) is 17.3 Å². The van der Waals surface area contributed by atoms with E-state index in [9.17, 15) is 0 Å². The first-order valence-corrected chi connectivity index (χ1v) is 5.71. The summed E-state index contributed by atoms with van der Waals surface area (Å²) in [5, 5.41) is 11.0. The SMILES string of the molecule is CCNc1cc(-c2cnnn2C)nc(CC)n1. The van der Waals surface area contributed by atoms with Crippen molar-refractivity contribution in [2.75, 3.05) is 11.9 Å². The van der Waals surface area contributed by atoms with Gasteiger partial charge in [0, 0.05) is 26.1 Å². The molecule has 6 heteroatoms. The molecule has 0 saturated carbocycles. The van der Waals surface area contributed by atoms with Crippen LogP contribution in [0, 0.1) is 0 Å². The van der Waals surface area contributed by atoms with E-state index in [1.54, 1.807) is 10.9 Å². The molecule has 6 nitrogen and oxygen atoms in total. The highest BCUT2D eigenvalue weighted by Crippen LogP contribution is 2.18. The van der Waals surface area contributed by atoms with Crippen molar-refractivity contribution in [1.29, 1.82) is 0 Å². The Labute approximate surface area is 100 Å². The van der Waals surface area contributed by atoms with Crippen LogP contribution in [-0.4, -0.2) is 31.5 Å². The molecule has 1 N–H and O–H groups in total. The molecular weight excluding hydrogens is 216 g/mol. The lowest BCUT2D eigenvalue weighted by molar-refractivity contribution is 0.718. The molecule has 90 valence electrons. The Kier molecular flexibility index (Phi) is 3.32. The second-order valence-electron chi connectivity index (χ2n) is 3.68. The Balaban J connectivity index is 2.46. The molecule has 0 aliphatic rings. The van der Waals surface area contributed by atoms with E-state index in [2.05, 4.69) is 25.6 Å². The van der Waals surface area contributed by atoms with Crippen LogP contribution in [0.25, 0.3) is 11.4 Å². The lowest BCUT2D eigenvalue weighted by Crippen LogP contribution is -2.05. The standard InChI is InChI=1S/C11H16N6/c1-4-10-14-8(6-11(15-10)12-5-2)9-7-13-16-17(9)3/h6-7H,4-5H2,1-3H3,(H,12,14,15). The van der Waals surface area contributed by atoms with Gasteiger partial charge >= 0.3 is 0 Å². The quantitative estimate of drug-likeness (QED) is 0.859. The van der Waals surface area contributed by atoms with Crippen LogP contribution in [-0.2, 0) is 13.5 Å². The van der Waals surface area contributed by atoms with Crippen LogP contribution in [0.5, 0.6) is 0 Å². The number of anilines is 1. The van der Waals surface area contributed by atoms with Gasteiger partial charge in [-0.25, -0.2) is 14.6 Å². The second-order valence-corrected chi connectivity index (χ2v) is 3.68. The summed E-state index contributed by atoms with van der Waals surface area (Å²) in [7, 11) is 1.85. The van der Waals surface area contributed by atoms with Gasteiger partial charge in [0.2, 0.25) is 0 Å². The third-order valence-corrected chi connectivity index (χ3v) is 2.42. The first-order valence-electron chi connectivity index (χ1n) is 5.71. The van der Waals surface area contributed by atoms with Gasteiger partial charge in [0.15, 0.2) is 0 Å². The zero-order valence-corrected chi connectivity index (χ0v) is 10.3. The van der Waals surface area contributed by atoms with Gasteiger partial charge in [-0.2, -0.15) is 0 Å². The molecule has 0 bridgehead atoms. The van der Waals surface area contributed by atoms with Crippen LogP contribution in [0.2, 0.25) is 0 Å². The molecule has 2 aromatic rings. The van der Waals surface area contributed by atoms with Gasteiger partial charge in [-0.3, -0.25) is 0 Å². The smallest absolute Gasteiger partial charge is 0.131 e. The number of nitrogens with zero attached hydrogens (tertiary/aromatic N) is 5. The summed E-state index contributed by atoms with van der Waals surface area (Å²) in [5.74, 6) is 1.66. The molecule has 2 heterocycles. The summed E-state index contributed by atoms with van der Waals surface area (Å²) in [6.45, 7) is 4.92. The second kappa shape index (κ2) is 4.90. The molecule has 0 spiro atoms. The predicted octanol–water partition coefficient (Wildman–Crippen LogP) is 1.27. The summed E-state index contributed by atoms with van der Waals surface area (Å²) in [5.41, 5.74) is 1.74. The highest BCUT2D eigenvalue weighted by atomic mass is 15.4. The van der Waals surface area contributed by atoms with Gasteiger partial charge in [-0.05, 0) is 6.92 Å². The molecule has 0 fully saturated rings. The van der Waals surface area contributed by atoms with E-state index >= 15 is 0 Å². The maximum absolute atomic E-state index is 4.49. The summed E-state index contributed by atoms with van der Waals surface area (Å²) in [4.78, 5) is 8.89. The topological polar surface area (TPSA) is 68.5 Å². The largest absolute Gasteiger partial charge is 0.370 e. The lowest BCUT2D eigenvalue weighted by atomic mass is 10.3. The van der Waals surface area contributed by atoms with Crippen molar-refractivity contribution < 1.29 is 0 Å². The van der Waals surface area contributed by atoms with E-state index in [4.69, 9.17) is 0 Å². The van der Waals surface area contributed by atoms with E-state index in [1.807, 2.05) is 27.0 Å². The van der Waals surface area contributed by atoms with E-state index in [1.165, 1.54) is 0 Å². The fourth-order valence-corrected chi connectivity index (χ4v) is 1.58. The Hall–Kier alpha value is -1.98. The van der Waals surface area contributed by atoms with Crippen molar-refractivity contribution in [3.8, 4) is 11.4 Å². The van der Waals surface area contributed by atoms with Crippen molar-refractivity contribution in [3.63, 3.8) is 0 Å². The zero-order valence-electron chi connectivity index (χ0n) is 10.3. The number of hydrogen-bond acceptors (Lipinski definition) is 5. The Morgan fingerprint density at radius 3 is 2.71 bits per heavy atom. The first kappa shape index (κ1) is 11.5. The van der Waals surface area contributed by atoms with Crippen LogP contribution in [0.1, 0.15) is 19.7 Å². The maximum atomic E-state index is 4.49. The molecule has 0 saturated heterocycles. The van der Waals surface area contributed by atoms with Crippen LogP contribution in [0.4, 0.5) is 5.82 Å². The highest BCUT2D eigenvalue weighted by molar-refractivity contribution is 5.57. The first-order chi connectivity index (χ1) is 8.24. The van der Waals surface area contributed by atoms with E-state index in [-0.39, 0.29) is 0 Å². The van der Waals surface area contributed by atoms with Crippen molar-refractivity contribution in [3.05, 3.63) is 18.1 Å². The third-order valence-electron chi connectivity index (χ3n) is 2.42. The Morgan fingerprint density at radius 1 is 1.29 bits per heavy atom. The van der Waals surface area contributed by atoms with E-state index < -0.39 is 0 Å². The number of nitrogens with one attached hydrogen (secondary N) is 1. The Morgan fingerprint density at radius 2 is 2.12 bits per heavy atom. The molecule has 2 aromatic heterocycles. The average molecular weight is 232 g/mol. The van der Waals surface area contributed by atoms with Crippen LogP contribution in [0.15, 0.2) is 12.3 Å². The van der Waals surface area contributed by atoms with Gasteiger partial charge < -0.3 is 5.32 Å². The number of aromatic nitrogens is 5. The maximum Gasteiger partial charge on any atom is 0.131 e. The molecule has 0 radical (unpaired) electrons. The molecule has 0 atom stereocenters. The molecule has 0 aliphatic carbocycles. The lowest BCUT2D eigenvalue weighted by Gasteiger charge is -2.07. The minimum Gasteiger partial charge on any atom is -0.370 e.